The zero-order chi connectivity index (χ0) is 20.4. The van der Waals surface area contributed by atoms with Gasteiger partial charge in [0.05, 0.1) is 17.1 Å². The van der Waals surface area contributed by atoms with Crippen LogP contribution in [0.5, 0.6) is 0 Å². The molecule has 4 rings (SSSR count). The maximum atomic E-state index is 13.6. The summed E-state index contributed by atoms with van der Waals surface area (Å²) in [5.74, 6) is -0.502. The molecule has 0 saturated carbocycles. The summed E-state index contributed by atoms with van der Waals surface area (Å²) < 4.78 is 19.2. The molecular formula is C23H19BrFNO3. The third kappa shape index (κ3) is 3.91. The van der Waals surface area contributed by atoms with E-state index in [9.17, 15) is 14.3 Å². The van der Waals surface area contributed by atoms with E-state index in [1.165, 1.54) is 12.1 Å². The summed E-state index contributed by atoms with van der Waals surface area (Å²) >= 11 is 3.12. The van der Waals surface area contributed by atoms with Gasteiger partial charge in [-0.2, -0.15) is 0 Å². The smallest absolute Gasteiger partial charge is 0.407 e. The molecular weight excluding hydrogens is 437 g/mol. The SMILES string of the molecule is O=C(NCC(O)c1cccc(F)c1Br)OCC1c2ccccc2-c2ccccc21. The number of rotatable bonds is 5. The van der Waals surface area contributed by atoms with Crippen molar-refractivity contribution >= 4 is 22.0 Å². The number of hydrogen-bond acceptors (Lipinski definition) is 3. The Hall–Kier alpha value is -2.70. The molecule has 0 fully saturated rings. The number of carbonyl (C=O) groups is 1. The number of fused-ring (bicyclic) bond motifs is 3. The topological polar surface area (TPSA) is 58.6 Å². The van der Waals surface area contributed by atoms with Gasteiger partial charge < -0.3 is 15.2 Å². The minimum absolute atomic E-state index is 0.0320. The third-order valence-corrected chi connectivity index (χ3v) is 5.96. The molecule has 3 aromatic rings. The zero-order valence-corrected chi connectivity index (χ0v) is 17.0. The third-order valence-electron chi connectivity index (χ3n) is 5.12. The van der Waals surface area contributed by atoms with Crippen LogP contribution in [0.15, 0.2) is 71.2 Å². The van der Waals surface area contributed by atoms with Gasteiger partial charge in [-0.15, -0.1) is 0 Å². The van der Waals surface area contributed by atoms with Crippen LogP contribution in [0.4, 0.5) is 9.18 Å². The second kappa shape index (κ2) is 8.35. The van der Waals surface area contributed by atoms with Gasteiger partial charge in [0.25, 0.3) is 0 Å². The molecule has 1 aliphatic carbocycles. The second-order valence-electron chi connectivity index (χ2n) is 6.87. The van der Waals surface area contributed by atoms with E-state index in [1.54, 1.807) is 6.07 Å². The summed E-state index contributed by atoms with van der Waals surface area (Å²) in [6, 6.07) is 20.6. The summed E-state index contributed by atoms with van der Waals surface area (Å²) in [7, 11) is 0. The molecule has 2 N–H and O–H groups in total. The fraction of sp³-hybridized carbons (Fsp3) is 0.174. The van der Waals surface area contributed by atoms with E-state index in [2.05, 4.69) is 33.4 Å². The van der Waals surface area contributed by atoms with E-state index in [1.807, 2.05) is 36.4 Å². The normalized spacial score (nSPS) is 13.5. The molecule has 0 radical (unpaired) electrons. The van der Waals surface area contributed by atoms with Crippen LogP contribution < -0.4 is 5.32 Å². The number of aliphatic hydroxyl groups excluding tert-OH is 1. The van der Waals surface area contributed by atoms with Gasteiger partial charge in [0.2, 0.25) is 0 Å². The maximum absolute atomic E-state index is 13.6. The van der Waals surface area contributed by atoms with Crippen LogP contribution in [0, 0.1) is 5.82 Å². The number of hydrogen-bond donors (Lipinski definition) is 2. The Morgan fingerprint density at radius 2 is 1.66 bits per heavy atom. The highest BCUT2D eigenvalue weighted by molar-refractivity contribution is 9.10. The van der Waals surface area contributed by atoms with Crippen LogP contribution in [0.3, 0.4) is 0 Å². The van der Waals surface area contributed by atoms with Crippen LogP contribution >= 0.6 is 15.9 Å². The van der Waals surface area contributed by atoms with Crippen molar-refractivity contribution < 1.29 is 19.0 Å². The van der Waals surface area contributed by atoms with Crippen molar-refractivity contribution in [3.63, 3.8) is 0 Å². The standard InChI is InChI=1S/C23H19BrFNO3/c24-22-18(10-5-11-20(22)25)21(27)12-26-23(28)29-13-19-16-8-3-1-6-14(16)15-7-2-4-9-17(15)19/h1-11,19,21,27H,12-13H2,(H,26,28). The zero-order valence-electron chi connectivity index (χ0n) is 15.4. The molecule has 29 heavy (non-hydrogen) atoms. The summed E-state index contributed by atoms with van der Waals surface area (Å²) in [5, 5.41) is 12.8. The lowest BCUT2D eigenvalue weighted by Crippen LogP contribution is -2.30. The highest BCUT2D eigenvalue weighted by atomic mass is 79.9. The molecule has 6 heteroatoms. The van der Waals surface area contributed by atoms with Crippen LogP contribution in [0.25, 0.3) is 11.1 Å². The van der Waals surface area contributed by atoms with Gasteiger partial charge in [-0.25, -0.2) is 9.18 Å². The first-order valence-corrected chi connectivity index (χ1v) is 10.1. The molecule has 0 bridgehead atoms. The molecule has 0 spiro atoms. The molecule has 0 saturated heterocycles. The van der Waals surface area contributed by atoms with Gasteiger partial charge >= 0.3 is 6.09 Å². The van der Waals surface area contributed by atoms with E-state index >= 15 is 0 Å². The van der Waals surface area contributed by atoms with Crippen molar-refractivity contribution in [1.29, 1.82) is 0 Å². The Kier molecular flexibility index (Phi) is 5.65. The number of halogens is 2. The van der Waals surface area contributed by atoms with Gasteiger partial charge in [0.1, 0.15) is 12.4 Å². The molecule has 1 amide bonds. The van der Waals surface area contributed by atoms with Gasteiger partial charge in [0.15, 0.2) is 0 Å². The summed E-state index contributed by atoms with van der Waals surface area (Å²) in [4.78, 5) is 12.2. The molecule has 4 nitrogen and oxygen atoms in total. The average Bonchev–Trinajstić information content (AvgIpc) is 3.06. The lowest BCUT2D eigenvalue weighted by molar-refractivity contribution is 0.128. The number of benzene rings is 3. The highest BCUT2D eigenvalue weighted by Gasteiger charge is 2.29. The number of amides is 1. The second-order valence-corrected chi connectivity index (χ2v) is 7.66. The molecule has 1 atom stereocenters. The molecule has 1 unspecified atom stereocenters. The van der Waals surface area contributed by atoms with Crippen molar-refractivity contribution in [2.45, 2.75) is 12.0 Å². The fourth-order valence-electron chi connectivity index (χ4n) is 3.72. The van der Waals surface area contributed by atoms with Crippen molar-refractivity contribution in [2.24, 2.45) is 0 Å². The number of ether oxygens (including phenoxy) is 1. The molecule has 0 aromatic heterocycles. The van der Waals surface area contributed by atoms with Crippen LogP contribution in [0.1, 0.15) is 28.7 Å². The minimum atomic E-state index is -1.06. The molecule has 148 valence electrons. The Labute approximate surface area is 176 Å². The lowest BCUT2D eigenvalue weighted by atomic mass is 9.98. The van der Waals surface area contributed by atoms with E-state index < -0.39 is 18.0 Å². The predicted octanol–water partition coefficient (Wildman–Crippen LogP) is 5.16. The summed E-state index contributed by atoms with van der Waals surface area (Å²) in [5.41, 5.74) is 4.94. The van der Waals surface area contributed by atoms with Crippen molar-refractivity contribution in [3.05, 3.63) is 93.7 Å². The number of aliphatic hydroxyl groups is 1. The Balaban J connectivity index is 1.38. The van der Waals surface area contributed by atoms with Gasteiger partial charge in [0, 0.05) is 5.92 Å². The average molecular weight is 456 g/mol. The largest absolute Gasteiger partial charge is 0.449 e. The van der Waals surface area contributed by atoms with E-state index in [0.717, 1.165) is 22.3 Å². The summed E-state index contributed by atoms with van der Waals surface area (Å²) in [6.07, 6.45) is -1.68. The van der Waals surface area contributed by atoms with Crippen LogP contribution in [-0.2, 0) is 4.74 Å². The number of alkyl carbamates (subject to hydrolysis) is 1. The van der Waals surface area contributed by atoms with E-state index in [0.29, 0.717) is 5.56 Å². The van der Waals surface area contributed by atoms with Gasteiger partial charge in [-0.1, -0.05) is 60.7 Å². The quantitative estimate of drug-likeness (QED) is 0.558. The summed E-state index contributed by atoms with van der Waals surface area (Å²) in [6.45, 7) is 0.109. The van der Waals surface area contributed by atoms with E-state index in [-0.39, 0.29) is 23.5 Å². The first-order chi connectivity index (χ1) is 14.1. The van der Waals surface area contributed by atoms with E-state index in [4.69, 9.17) is 4.74 Å². The molecule has 3 aromatic carbocycles. The first-order valence-electron chi connectivity index (χ1n) is 9.27. The predicted molar refractivity (Wildman–Crippen MR) is 112 cm³/mol. The lowest BCUT2D eigenvalue weighted by Gasteiger charge is -2.16. The Morgan fingerprint density at radius 3 is 2.31 bits per heavy atom. The van der Waals surface area contributed by atoms with Crippen molar-refractivity contribution in [1.82, 2.24) is 5.32 Å². The van der Waals surface area contributed by atoms with Gasteiger partial charge in [-0.3, -0.25) is 0 Å². The van der Waals surface area contributed by atoms with Gasteiger partial charge in [-0.05, 0) is 49.8 Å². The number of nitrogens with one attached hydrogen (secondary N) is 1. The van der Waals surface area contributed by atoms with Crippen molar-refractivity contribution in [2.75, 3.05) is 13.2 Å². The maximum Gasteiger partial charge on any atom is 0.407 e. The molecule has 1 aliphatic rings. The Morgan fingerprint density at radius 1 is 1.03 bits per heavy atom. The minimum Gasteiger partial charge on any atom is -0.449 e. The van der Waals surface area contributed by atoms with Crippen molar-refractivity contribution in [3.8, 4) is 11.1 Å². The van der Waals surface area contributed by atoms with Crippen LogP contribution in [-0.4, -0.2) is 24.4 Å². The van der Waals surface area contributed by atoms with Crippen LogP contribution in [0.2, 0.25) is 0 Å². The Bertz CT molecular complexity index is 1010. The monoisotopic (exact) mass is 455 g/mol. The number of carbonyl (C=O) groups excluding carboxylic acids is 1. The molecule has 0 aliphatic heterocycles. The highest BCUT2D eigenvalue weighted by Crippen LogP contribution is 2.44. The fourth-order valence-corrected chi connectivity index (χ4v) is 4.25. The molecule has 0 heterocycles. The first kappa shape index (κ1) is 19.6.